The van der Waals surface area contributed by atoms with Crippen molar-refractivity contribution in [1.29, 1.82) is 0 Å². The average molecular weight is 188 g/mol. The molecule has 0 atom stereocenters. The number of amides is 1. The first-order valence-electron chi connectivity index (χ1n) is 3.30. The largest absolute Gasteiger partial charge is 0.317 e. The zero-order valence-corrected chi connectivity index (χ0v) is 6.37. The maximum Gasteiger partial charge on any atom is 0.317 e. The van der Waals surface area contributed by atoms with Crippen LogP contribution in [-0.4, -0.2) is 22.3 Å². The van der Waals surface area contributed by atoms with Crippen LogP contribution in [0.4, 0.5) is 14.6 Å². The molecule has 7 heteroatoms. The first-order chi connectivity index (χ1) is 6.20. The molecule has 0 saturated carbocycles. The van der Waals surface area contributed by atoms with E-state index in [4.69, 9.17) is 0 Å². The second-order valence-electron chi connectivity index (χ2n) is 2.01. The topological polar surface area (TPSA) is 66.9 Å². The third kappa shape index (κ3) is 2.97. The Bertz CT molecular complexity index is 279. The molecule has 2 N–H and O–H groups in total. The molecule has 1 amide bonds. The van der Waals surface area contributed by atoms with Gasteiger partial charge < -0.3 is 0 Å². The number of carbonyl (C=O) groups excluding carboxylic acids is 1. The molecule has 0 aliphatic carbocycles. The van der Waals surface area contributed by atoms with Crippen molar-refractivity contribution in [2.24, 2.45) is 0 Å². The first kappa shape index (κ1) is 9.30. The molecule has 0 aliphatic heterocycles. The van der Waals surface area contributed by atoms with Crippen LogP contribution in [0.15, 0.2) is 18.6 Å². The molecule has 1 rings (SSSR count). The maximum absolute atomic E-state index is 11.6. The molecule has 0 aromatic carbocycles. The van der Waals surface area contributed by atoms with E-state index in [2.05, 4.69) is 15.4 Å². The van der Waals surface area contributed by atoms with Gasteiger partial charge in [0.15, 0.2) is 5.82 Å². The maximum atomic E-state index is 11.6. The van der Waals surface area contributed by atoms with E-state index in [1.54, 1.807) is 5.43 Å². The van der Waals surface area contributed by atoms with Gasteiger partial charge in [0.1, 0.15) is 0 Å². The normalized spacial score (nSPS) is 9.77. The molecule has 1 aromatic heterocycles. The van der Waals surface area contributed by atoms with Crippen LogP contribution in [0, 0.1) is 0 Å². The monoisotopic (exact) mass is 188 g/mol. The molecule has 0 spiro atoms. The first-order valence-corrected chi connectivity index (χ1v) is 3.30. The minimum Gasteiger partial charge on any atom is -0.280 e. The molecule has 0 aliphatic rings. The highest BCUT2D eigenvalue weighted by molar-refractivity contribution is 5.80. The van der Waals surface area contributed by atoms with Crippen LogP contribution in [0.3, 0.4) is 0 Å². The second-order valence-corrected chi connectivity index (χ2v) is 2.01. The zero-order valence-electron chi connectivity index (χ0n) is 6.37. The average Bonchev–Trinajstić information content (AvgIpc) is 2.15. The highest BCUT2D eigenvalue weighted by Gasteiger charge is 2.13. The quantitative estimate of drug-likeness (QED) is 0.664. The number of halogens is 2. The summed E-state index contributed by atoms with van der Waals surface area (Å²) in [6.07, 6.45) is 1.01. The molecule has 1 heterocycles. The van der Waals surface area contributed by atoms with Crippen molar-refractivity contribution in [3.8, 4) is 0 Å². The summed E-state index contributed by atoms with van der Waals surface area (Å²) in [7, 11) is 0. The fourth-order valence-corrected chi connectivity index (χ4v) is 0.544. The van der Waals surface area contributed by atoms with E-state index < -0.39 is 12.3 Å². The van der Waals surface area contributed by atoms with E-state index in [1.807, 2.05) is 0 Å². The van der Waals surface area contributed by atoms with E-state index in [0.29, 0.717) is 0 Å². The molecule has 0 bridgehead atoms. The Morgan fingerprint density at radius 2 is 2.23 bits per heavy atom. The molecule has 1 aromatic rings. The summed E-state index contributed by atoms with van der Waals surface area (Å²) >= 11 is 0. The Morgan fingerprint density at radius 1 is 1.46 bits per heavy atom. The fourth-order valence-electron chi connectivity index (χ4n) is 0.544. The summed E-state index contributed by atoms with van der Waals surface area (Å²) in [6, 6.07) is 0. The molecule has 70 valence electrons. The fraction of sp³-hybridized carbons (Fsp3) is 0.167. The standard InChI is InChI=1S/C6H6F2N4O/c7-5(8)6(13)12-11-4-3-9-1-2-10-4/h1-3,5H,(H,10,11)(H,12,13). The van der Waals surface area contributed by atoms with Gasteiger partial charge in [0.05, 0.1) is 6.20 Å². The lowest BCUT2D eigenvalue weighted by atomic mass is 10.6. The van der Waals surface area contributed by atoms with Gasteiger partial charge in [-0.25, -0.2) is 4.98 Å². The van der Waals surface area contributed by atoms with E-state index in [9.17, 15) is 13.6 Å². The van der Waals surface area contributed by atoms with E-state index >= 15 is 0 Å². The van der Waals surface area contributed by atoms with Crippen molar-refractivity contribution < 1.29 is 13.6 Å². The summed E-state index contributed by atoms with van der Waals surface area (Å²) in [4.78, 5) is 17.7. The summed E-state index contributed by atoms with van der Waals surface area (Å²) in [5, 5.41) is 0. The van der Waals surface area contributed by atoms with Crippen molar-refractivity contribution in [2.45, 2.75) is 6.43 Å². The molecular formula is C6H6F2N4O. The molecular weight excluding hydrogens is 182 g/mol. The number of rotatable bonds is 3. The molecule has 0 radical (unpaired) electrons. The molecule has 0 fully saturated rings. The van der Waals surface area contributed by atoms with Crippen LogP contribution in [0.1, 0.15) is 0 Å². The number of nitrogens with one attached hydrogen (secondary N) is 2. The third-order valence-electron chi connectivity index (χ3n) is 1.08. The van der Waals surface area contributed by atoms with Crippen molar-refractivity contribution in [3.63, 3.8) is 0 Å². The highest BCUT2D eigenvalue weighted by Crippen LogP contribution is 1.95. The van der Waals surface area contributed by atoms with Crippen molar-refractivity contribution >= 4 is 11.7 Å². The third-order valence-corrected chi connectivity index (χ3v) is 1.08. The van der Waals surface area contributed by atoms with Crippen LogP contribution < -0.4 is 10.9 Å². The minimum absolute atomic E-state index is 0.191. The van der Waals surface area contributed by atoms with Gasteiger partial charge >= 0.3 is 12.3 Å². The lowest BCUT2D eigenvalue weighted by molar-refractivity contribution is -0.131. The van der Waals surface area contributed by atoms with E-state index in [1.165, 1.54) is 18.6 Å². The van der Waals surface area contributed by atoms with Gasteiger partial charge in [0.25, 0.3) is 0 Å². The Balaban J connectivity index is 2.40. The van der Waals surface area contributed by atoms with Gasteiger partial charge in [0.2, 0.25) is 0 Å². The number of hydrogen-bond acceptors (Lipinski definition) is 4. The molecule has 13 heavy (non-hydrogen) atoms. The van der Waals surface area contributed by atoms with Crippen LogP contribution in [0.25, 0.3) is 0 Å². The Labute approximate surface area is 72.2 Å². The molecule has 5 nitrogen and oxygen atoms in total. The second kappa shape index (κ2) is 4.29. The predicted octanol–water partition coefficient (Wildman–Crippen LogP) is 0.185. The summed E-state index contributed by atoms with van der Waals surface area (Å²) < 4.78 is 23.3. The van der Waals surface area contributed by atoms with E-state index in [-0.39, 0.29) is 5.82 Å². The Hall–Kier alpha value is -1.79. The van der Waals surface area contributed by atoms with Crippen molar-refractivity contribution in [1.82, 2.24) is 15.4 Å². The smallest absolute Gasteiger partial charge is 0.280 e. The summed E-state index contributed by atoms with van der Waals surface area (Å²) in [5.74, 6) is -1.22. The zero-order chi connectivity index (χ0) is 9.68. The number of aromatic nitrogens is 2. The van der Waals surface area contributed by atoms with Crippen LogP contribution in [0.5, 0.6) is 0 Å². The van der Waals surface area contributed by atoms with Gasteiger partial charge in [-0.1, -0.05) is 0 Å². The number of anilines is 1. The van der Waals surface area contributed by atoms with Crippen LogP contribution >= 0.6 is 0 Å². The van der Waals surface area contributed by atoms with Crippen LogP contribution in [0.2, 0.25) is 0 Å². The SMILES string of the molecule is O=C(NNc1cnccn1)C(F)F. The predicted molar refractivity (Wildman–Crippen MR) is 39.8 cm³/mol. The number of alkyl halides is 2. The number of nitrogens with zero attached hydrogens (tertiary/aromatic N) is 2. The molecule has 0 saturated heterocycles. The van der Waals surface area contributed by atoms with E-state index in [0.717, 1.165) is 0 Å². The lowest BCUT2D eigenvalue weighted by Gasteiger charge is -2.05. The van der Waals surface area contributed by atoms with Crippen molar-refractivity contribution in [2.75, 3.05) is 5.43 Å². The lowest BCUT2D eigenvalue weighted by Crippen LogP contribution is -2.34. The van der Waals surface area contributed by atoms with Gasteiger partial charge in [0, 0.05) is 12.4 Å². The minimum atomic E-state index is -3.05. The van der Waals surface area contributed by atoms with Gasteiger partial charge in [-0.15, -0.1) is 0 Å². The number of hydrazine groups is 1. The van der Waals surface area contributed by atoms with Gasteiger partial charge in [-0.2, -0.15) is 8.78 Å². The number of hydrogen-bond donors (Lipinski definition) is 2. The van der Waals surface area contributed by atoms with Gasteiger partial charge in [-0.3, -0.25) is 20.6 Å². The number of carbonyl (C=O) groups is 1. The summed E-state index contributed by atoms with van der Waals surface area (Å²) in [6.45, 7) is 0. The van der Waals surface area contributed by atoms with Crippen molar-refractivity contribution in [3.05, 3.63) is 18.6 Å². The Morgan fingerprint density at radius 3 is 2.77 bits per heavy atom. The highest BCUT2D eigenvalue weighted by atomic mass is 19.3. The van der Waals surface area contributed by atoms with Gasteiger partial charge in [-0.05, 0) is 0 Å². The molecule has 0 unspecified atom stereocenters. The Kier molecular flexibility index (Phi) is 3.07. The summed E-state index contributed by atoms with van der Waals surface area (Å²) in [5.41, 5.74) is 3.93. The van der Waals surface area contributed by atoms with Crippen LogP contribution in [-0.2, 0) is 4.79 Å².